The summed E-state index contributed by atoms with van der Waals surface area (Å²) < 4.78 is 0. The van der Waals surface area contributed by atoms with Gasteiger partial charge in [-0.1, -0.05) is 12.8 Å². The lowest BCUT2D eigenvalue weighted by molar-refractivity contribution is 0.344. The molecule has 0 aromatic carbocycles. The first-order valence-corrected chi connectivity index (χ1v) is 3.77. The van der Waals surface area contributed by atoms with Gasteiger partial charge in [-0.15, -0.1) is 0 Å². The molecule has 0 bridgehead atoms. The molecule has 0 radical (unpaired) electrons. The van der Waals surface area contributed by atoms with Crippen LogP contribution in [0.15, 0.2) is 0 Å². The first-order valence-electron chi connectivity index (χ1n) is 3.77. The molecular formula is C7H16N2. The predicted molar refractivity (Wildman–Crippen MR) is 39.3 cm³/mol. The smallest absolute Gasteiger partial charge is 0.0216 e. The lowest BCUT2D eigenvalue weighted by Crippen LogP contribution is -2.45. The lowest BCUT2D eigenvalue weighted by Gasteiger charge is -2.27. The van der Waals surface area contributed by atoms with Crippen molar-refractivity contribution in [1.29, 1.82) is 0 Å². The van der Waals surface area contributed by atoms with Crippen LogP contribution in [0.5, 0.6) is 0 Å². The summed E-state index contributed by atoms with van der Waals surface area (Å²) in [6.07, 6.45) is 5.13. The van der Waals surface area contributed by atoms with Gasteiger partial charge in [0.05, 0.1) is 0 Å². The van der Waals surface area contributed by atoms with Crippen molar-refractivity contribution in [2.75, 3.05) is 7.05 Å². The minimum absolute atomic E-state index is 0.406. The number of hydrogen-bond donors (Lipinski definition) is 2. The molecule has 1 saturated carbocycles. The Kier molecular flexibility index (Phi) is 2.49. The van der Waals surface area contributed by atoms with Gasteiger partial charge in [0.25, 0.3) is 0 Å². The van der Waals surface area contributed by atoms with Crippen molar-refractivity contribution >= 4 is 0 Å². The third kappa shape index (κ3) is 1.66. The van der Waals surface area contributed by atoms with Gasteiger partial charge >= 0.3 is 0 Å². The van der Waals surface area contributed by atoms with Crippen molar-refractivity contribution < 1.29 is 0 Å². The molecule has 1 aliphatic carbocycles. The number of nitrogens with two attached hydrogens (primary N) is 1. The van der Waals surface area contributed by atoms with Crippen molar-refractivity contribution in [3.05, 3.63) is 0 Å². The normalized spacial score (nSPS) is 36.7. The minimum atomic E-state index is 0.406. The fraction of sp³-hybridized carbons (Fsp3) is 1.00. The second-order valence-electron chi connectivity index (χ2n) is 2.84. The van der Waals surface area contributed by atoms with E-state index in [9.17, 15) is 0 Å². The number of likely N-dealkylation sites (N-methyl/N-ethyl adjacent to an activating group) is 1. The van der Waals surface area contributed by atoms with Crippen LogP contribution >= 0.6 is 0 Å². The Bertz CT molecular complexity index is 83.0. The SMILES string of the molecule is CN[C@H]1CCCC[C@H]1N. The molecule has 3 N–H and O–H groups in total. The quantitative estimate of drug-likeness (QED) is 0.539. The van der Waals surface area contributed by atoms with Gasteiger partial charge < -0.3 is 11.1 Å². The van der Waals surface area contributed by atoms with Crippen LogP contribution in [-0.4, -0.2) is 19.1 Å². The Morgan fingerprint density at radius 2 is 2.00 bits per heavy atom. The summed E-state index contributed by atoms with van der Waals surface area (Å²) >= 11 is 0. The van der Waals surface area contributed by atoms with Crippen LogP contribution in [0.1, 0.15) is 25.7 Å². The maximum atomic E-state index is 5.83. The highest BCUT2D eigenvalue weighted by Gasteiger charge is 2.18. The summed E-state index contributed by atoms with van der Waals surface area (Å²) in [5.41, 5.74) is 5.83. The van der Waals surface area contributed by atoms with E-state index in [1.165, 1.54) is 25.7 Å². The van der Waals surface area contributed by atoms with E-state index >= 15 is 0 Å². The second kappa shape index (κ2) is 3.18. The highest BCUT2D eigenvalue weighted by atomic mass is 14.9. The molecule has 54 valence electrons. The highest BCUT2D eigenvalue weighted by molar-refractivity contribution is 4.81. The molecule has 0 heterocycles. The van der Waals surface area contributed by atoms with Gasteiger partial charge in [0.2, 0.25) is 0 Å². The van der Waals surface area contributed by atoms with Crippen molar-refractivity contribution in [2.24, 2.45) is 5.73 Å². The molecule has 0 spiro atoms. The Balaban J connectivity index is 2.30. The van der Waals surface area contributed by atoms with Crippen LogP contribution in [0, 0.1) is 0 Å². The number of hydrogen-bond acceptors (Lipinski definition) is 2. The topological polar surface area (TPSA) is 38.0 Å². The zero-order valence-corrected chi connectivity index (χ0v) is 6.06. The molecular weight excluding hydrogens is 112 g/mol. The van der Waals surface area contributed by atoms with Crippen LogP contribution in [0.4, 0.5) is 0 Å². The number of nitrogens with one attached hydrogen (secondary N) is 1. The van der Waals surface area contributed by atoms with E-state index < -0.39 is 0 Å². The van der Waals surface area contributed by atoms with E-state index in [0.29, 0.717) is 12.1 Å². The first-order chi connectivity index (χ1) is 4.34. The summed E-state index contributed by atoms with van der Waals surface area (Å²) in [6, 6.07) is 0.988. The molecule has 0 aromatic heterocycles. The van der Waals surface area contributed by atoms with Gasteiger partial charge in [-0.25, -0.2) is 0 Å². The largest absolute Gasteiger partial charge is 0.326 e. The van der Waals surface area contributed by atoms with Crippen LogP contribution in [0.3, 0.4) is 0 Å². The highest BCUT2D eigenvalue weighted by Crippen LogP contribution is 2.15. The van der Waals surface area contributed by atoms with Gasteiger partial charge in [-0.2, -0.15) is 0 Å². The second-order valence-corrected chi connectivity index (χ2v) is 2.84. The molecule has 0 aliphatic heterocycles. The Morgan fingerprint density at radius 1 is 1.33 bits per heavy atom. The van der Waals surface area contributed by atoms with Gasteiger partial charge in [0.15, 0.2) is 0 Å². The summed E-state index contributed by atoms with van der Waals surface area (Å²) in [5.74, 6) is 0. The molecule has 1 fully saturated rings. The molecule has 2 heteroatoms. The minimum Gasteiger partial charge on any atom is -0.326 e. The number of rotatable bonds is 1. The van der Waals surface area contributed by atoms with Crippen LogP contribution in [0.25, 0.3) is 0 Å². The van der Waals surface area contributed by atoms with Crippen molar-refractivity contribution in [1.82, 2.24) is 5.32 Å². The van der Waals surface area contributed by atoms with E-state index in [0.717, 1.165) is 0 Å². The van der Waals surface area contributed by atoms with Crippen molar-refractivity contribution in [3.63, 3.8) is 0 Å². The average Bonchev–Trinajstić information content (AvgIpc) is 1.89. The van der Waals surface area contributed by atoms with Gasteiger partial charge in [0.1, 0.15) is 0 Å². The Labute approximate surface area is 56.8 Å². The Morgan fingerprint density at radius 3 is 2.44 bits per heavy atom. The van der Waals surface area contributed by atoms with E-state index in [-0.39, 0.29) is 0 Å². The van der Waals surface area contributed by atoms with Gasteiger partial charge in [-0.3, -0.25) is 0 Å². The summed E-state index contributed by atoms with van der Waals surface area (Å²) in [7, 11) is 2.00. The maximum absolute atomic E-state index is 5.83. The monoisotopic (exact) mass is 128 g/mol. The summed E-state index contributed by atoms with van der Waals surface area (Å²) in [6.45, 7) is 0. The summed E-state index contributed by atoms with van der Waals surface area (Å²) in [4.78, 5) is 0. The van der Waals surface area contributed by atoms with Crippen molar-refractivity contribution in [3.8, 4) is 0 Å². The standard InChI is InChI=1S/C7H16N2/c1-9-7-5-3-2-4-6(7)8/h6-7,9H,2-5,8H2,1H3/t6-,7+/m1/s1. The summed E-state index contributed by atoms with van der Waals surface area (Å²) in [5, 5.41) is 3.23. The third-order valence-electron chi connectivity index (χ3n) is 2.19. The maximum Gasteiger partial charge on any atom is 0.0216 e. The average molecular weight is 128 g/mol. The van der Waals surface area contributed by atoms with E-state index in [1.54, 1.807) is 0 Å². The van der Waals surface area contributed by atoms with Crippen molar-refractivity contribution in [2.45, 2.75) is 37.8 Å². The zero-order chi connectivity index (χ0) is 6.69. The predicted octanol–water partition coefficient (Wildman–Crippen LogP) is 0.476. The molecule has 0 unspecified atom stereocenters. The molecule has 0 amide bonds. The Hall–Kier alpha value is -0.0800. The molecule has 0 saturated heterocycles. The fourth-order valence-corrected chi connectivity index (χ4v) is 1.52. The van der Waals surface area contributed by atoms with E-state index in [4.69, 9.17) is 5.73 Å². The molecule has 2 nitrogen and oxygen atoms in total. The van der Waals surface area contributed by atoms with Crippen LogP contribution in [-0.2, 0) is 0 Å². The molecule has 9 heavy (non-hydrogen) atoms. The molecule has 2 atom stereocenters. The van der Waals surface area contributed by atoms with E-state index in [1.807, 2.05) is 7.05 Å². The van der Waals surface area contributed by atoms with Gasteiger partial charge in [-0.05, 0) is 19.9 Å². The van der Waals surface area contributed by atoms with Crippen LogP contribution < -0.4 is 11.1 Å². The van der Waals surface area contributed by atoms with E-state index in [2.05, 4.69) is 5.32 Å². The first kappa shape index (κ1) is 7.03. The molecule has 1 aliphatic rings. The molecule has 0 aromatic rings. The van der Waals surface area contributed by atoms with Crippen LogP contribution in [0.2, 0.25) is 0 Å². The van der Waals surface area contributed by atoms with Gasteiger partial charge in [0, 0.05) is 12.1 Å². The fourth-order valence-electron chi connectivity index (χ4n) is 1.52. The third-order valence-corrected chi connectivity index (χ3v) is 2.19. The molecule has 1 rings (SSSR count). The lowest BCUT2D eigenvalue weighted by atomic mass is 9.91. The zero-order valence-electron chi connectivity index (χ0n) is 6.06.